The SMILES string of the molecule is COc1ccc(Cl)c(N2Cc3ccc(F)cc3C2=N)c1. The highest BCUT2D eigenvalue weighted by atomic mass is 35.5. The van der Waals surface area contributed by atoms with Gasteiger partial charge in [-0.1, -0.05) is 17.7 Å². The molecule has 3 nitrogen and oxygen atoms in total. The van der Waals surface area contributed by atoms with Crippen molar-refractivity contribution in [2.45, 2.75) is 6.54 Å². The number of amidine groups is 1. The summed E-state index contributed by atoms with van der Waals surface area (Å²) in [5.74, 6) is 0.570. The Hall–Kier alpha value is -2.07. The summed E-state index contributed by atoms with van der Waals surface area (Å²) in [6.07, 6.45) is 0. The number of hydrogen-bond donors (Lipinski definition) is 1. The van der Waals surface area contributed by atoms with Gasteiger partial charge in [0.15, 0.2) is 0 Å². The van der Waals surface area contributed by atoms with E-state index in [1.807, 2.05) is 0 Å². The molecule has 0 aromatic heterocycles. The van der Waals surface area contributed by atoms with Crippen molar-refractivity contribution in [1.29, 1.82) is 5.41 Å². The van der Waals surface area contributed by atoms with Gasteiger partial charge in [0, 0.05) is 11.6 Å². The van der Waals surface area contributed by atoms with Gasteiger partial charge in [-0.3, -0.25) is 5.41 Å². The number of halogens is 2. The minimum Gasteiger partial charge on any atom is -0.497 e. The highest BCUT2D eigenvalue weighted by Gasteiger charge is 2.27. The Morgan fingerprint density at radius 2 is 2.05 bits per heavy atom. The zero-order valence-electron chi connectivity index (χ0n) is 10.8. The van der Waals surface area contributed by atoms with E-state index in [0.717, 1.165) is 5.56 Å². The third-order valence-corrected chi connectivity index (χ3v) is 3.69. The number of nitrogens with zero attached hydrogens (tertiary/aromatic N) is 1. The number of benzene rings is 2. The van der Waals surface area contributed by atoms with Crippen LogP contribution in [0.3, 0.4) is 0 Å². The maximum Gasteiger partial charge on any atom is 0.133 e. The van der Waals surface area contributed by atoms with Crippen LogP contribution in [-0.2, 0) is 6.54 Å². The topological polar surface area (TPSA) is 36.3 Å². The predicted octanol–water partition coefficient (Wildman–Crippen LogP) is 3.83. The van der Waals surface area contributed by atoms with Crippen molar-refractivity contribution in [2.75, 3.05) is 12.0 Å². The molecule has 3 rings (SSSR count). The maximum absolute atomic E-state index is 13.3. The zero-order valence-corrected chi connectivity index (χ0v) is 11.5. The van der Waals surface area contributed by atoms with E-state index in [0.29, 0.717) is 28.6 Å². The smallest absolute Gasteiger partial charge is 0.133 e. The lowest BCUT2D eigenvalue weighted by Gasteiger charge is -2.20. The molecule has 0 unspecified atom stereocenters. The van der Waals surface area contributed by atoms with Crippen LogP contribution in [0.4, 0.5) is 10.1 Å². The largest absolute Gasteiger partial charge is 0.497 e. The fourth-order valence-electron chi connectivity index (χ4n) is 2.33. The van der Waals surface area contributed by atoms with E-state index >= 15 is 0 Å². The fourth-order valence-corrected chi connectivity index (χ4v) is 2.55. The molecule has 0 fully saturated rings. The van der Waals surface area contributed by atoms with Crippen LogP contribution in [-0.4, -0.2) is 12.9 Å². The molecule has 20 heavy (non-hydrogen) atoms. The van der Waals surface area contributed by atoms with Gasteiger partial charge in [-0.15, -0.1) is 0 Å². The molecule has 1 aliphatic rings. The highest BCUT2D eigenvalue weighted by molar-refractivity contribution is 6.34. The van der Waals surface area contributed by atoms with Crippen LogP contribution >= 0.6 is 11.6 Å². The van der Waals surface area contributed by atoms with E-state index in [2.05, 4.69) is 0 Å². The Kier molecular flexibility index (Phi) is 3.10. The van der Waals surface area contributed by atoms with Crippen molar-refractivity contribution in [3.63, 3.8) is 0 Å². The van der Waals surface area contributed by atoms with E-state index < -0.39 is 0 Å². The minimum absolute atomic E-state index is 0.245. The molecule has 0 atom stereocenters. The molecule has 0 saturated carbocycles. The summed E-state index contributed by atoms with van der Waals surface area (Å²) in [7, 11) is 1.58. The predicted molar refractivity (Wildman–Crippen MR) is 77.4 cm³/mol. The van der Waals surface area contributed by atoms with Gasteiger partial charge in [0.05, 0.1) is 24.4 Å². The molecule has 0 bridgehead atoms. The lowest BCUT2D eigenvalue weighted by Crippen LogP contribution is -2.23. The van der Waals surface area contributed by atoms with Crippen LogP contribution in [0.15, 0.2) is 36.4 Å². The number of methoxy groups -OCH3 is 1. The second kappa shape index (κ2) is 4.80. The first-order valence-electron chi connectivity index (χ1n) is 6.08. The van der Waals surface area contributed by atoms with Gasteiger partial charge in [-0.25, -0.2) is 4.39 Å². The van der Waals surface area contributed by atoms with Crippen LogP contribution in [0.25, 0.3) is 0 Å². The molecule has 102 valence electrons. The number of anilines is 1. The van der Waals surface area contributed by atoms with E-state index in [4.69, 9.17) is 21.7 Å². The highest BCUT2D eigenvalue weighted by Crippen LogP contribution is 2.35. The molecule has 5 heteroatoms. The van der Waals surface area contributed by atoms with E-state index in [1.54, 1.807) is 36.3 Å². The molecule has 0 radical (unpaired) electrons. The van der Waals surface area contributed by atoms with Crippen LogP contribution in [0.5, 0.6) is 5.75 Å². The summed E-state index contributed by atoms with van der Waals surface area (Å²) in [4.78, 5) is 1.74. The summed E-state index contributed by atoms with van der Waals surface area (Å²) in [5, 5.41) is 8.74. The van der Waals surface area contributed by atoms with Crippen molar-refractivity contribution in [3.05, 3.63) is 58.4 Å². The van der Waals surface area contributed by atoms with E-state index in [-0.39, 0.29) is 11.7 Å². The Labute approximate surface area is 121 Å². The summed E-state index contributed by atoms with van der Waals surface area (Å²) in [5.41, 5.74) is 2.20. The molecule has 2 aromatic carbocycles. The van der Waals surface area contributed by atoms with Crippen molar-refractivity contribution < 1.29 is 9.13 Å². The van der Waals surface area contributed by atoms with Gasteiger partial charge in [0.2, 0.25) is 0 Å². The molecule has 0 saturated heterocycles. The third-order valence-electron chi connectivity index (χ3n) is 3.37. The molecule has 2 aromatic rings. The van der Waals surface area contributed by atoms with Gasteiger partial charge >= 0.3 is 0 Å². The van der Waals surface area contributed by atoms with Crippen LogP contribution < -0.4 is 9.64 Å². The molecule has 1 aliphatic heterocycles. The molecular weight excluding hydrogens is 279 g/mol. The van der Waals surface area contributed by atoms with Gasteiger partial charge in [-0.05, 0) is 29.8 Å². The molecule has 1 N–H and O–H groups in total. The number of nitrogens with one attached hydrogen (secondary N) is 1. The van der Waals surface area contributed by atoms with Crippen LogP contribution in [0.2, 0.25) is 5.02 Å². The van der Waals surface area contributed by atoms with Crippen LogP contribution in [0, 0.1) is 11.2 Å². The Morgan fingerprint density at radius 3 is 2.80 bits per heavy atom. The summed E-state index contributed by atoms with van der Waals surface area (Å²) >= 11 is 6.20. The number of ether oxygens (including phenoxy) is 1. The molecular formula is C15H12ClFN2O. The van der Waals surface area contributed by atoms with Crippen molar-refractivity contribution in [2.24, 2.45) is 0 Å². The van der Waals surface area contributed by atoms with Crippen molar-refractivity contribution >= 4 is 23.1 Å². The minimum atomic E-state index is -0.341. The van der Waals surface area contributed by atoms with Crippen molar-refractivity contribution in [3.8, 4) is 5.75 Å². The standard InChI is InChI=1S/C15H12ClFN2O/c1-20-11-4-5-13(16)14(7-11)19-8-9-2-3-10(17)6-12(9)15(19)18/h2-7,18H,8H2,1H3. The lowest BCUT2D eigenvalue weighted by atomic mass is 10.1. The summed E-state index contributed by atoms with van der Waals surface area (Å²) in [6.45, 7) is 0.501. The quantitative estimate of drug-likeness (QED) is 0.912. The molecule has 0 spiro atoms. The number of fused-ring (bicyclic) bond motifs is 1. The normalized spacial score (nSPS) is 13.6. The molecule has 0 amide bonds. The van der Waals surface area contributed by atoms with E-state index in [9.17, 15) is 4.39 Å². The van der Waals surface area contributed by atoms with Gasteiger partial charge in [0.25, 0.3) is 0 Å². The maximum atomic E-state index is 13.3. The van der Waals surface area contributed by atoms with Gasteiger partial charge < -0.3 is 9.64 Å². The Balaban J connectivity index is 2.04. The second-order valence-electron chi connectivity index (χ2n) is 4.55. The summed E-state index contributed by atoms with van der Waals surface area (Å²) in [6, 6.07) is 9.76. The van der Waals surface area contributed by atoms with Gasteiger partial charge in [0.1, 0.15) is 17.4 Å². The average Bonchev–Trinajstić information content (AvgIpc) is 2.77. The van der Waals surface area contributed by atoms with Crippen LogP contribution in [0.1, 0.15) is 11.1 Å². The first-order valence-corrected chi connectivity index (χ1v) is 6.46. The average molecular weight is 291 g/mol. The number of rotatable bonds is 2. The second-order valence-corrected chi connectivity index (χ2v) is 4.96. The first kappa shape index (κ1) is 12.9. The fraction of sp³-hybridized carbons (Fsp3) is 0.133. The number of hydrogen-bond acceptors (Lipinski definition) is 2. The Bertz CT molecular complexity index is 702. The third kappa shape index (κ3) is 2.02. The summed E-state index contributed by atoms with van der Waals surface area (Å²) < 4.78 is 18.5. The first-order chi connectivity index (χ1) is 9.60. The van der Waals surface area contributed by atoms with Gasteiger partial charge in [-0.2, -0.15) is 0 Å². The lowest BCUT2D eigenvalue weighted by molar-refractivity contribution is 0.415. The molecule has 1 heterocycles. The van der Waals surface area contributed by atoms with Crippen molar-refractivity contribution in [1.82, 2.24) is 0 Å². The monoisotopic (exact) mass is 290 g/mol. The molecule has 0 aliphatic carbocycles. The van der Waals surface area contributed by atoms with E-state index in [1.165, 1.54) is 12.1 Å². The Morgan fingerprint density at radius 1 is 1.25 bits per heavy atom. The zero-order chi connectivity index (χ0) is 14.3.